The molecular formula is C7H12N2S. The Morgan fingerprint density at radius 1 is 1.60 bits per heavy atom. The van der Waals surface area contributed by atoms with Gasteiger partial charge in [-0.2, -0.15) is 0 Å². The number of hydrogen-bond acceptors (Lipinski definition) is 3. The molecule has 2 N–H and O–H groups in total. The van der Waals surface area contributed by atoms with E-state index in [0.717, 1.165) is 12.8 Å². The highest BCUT2D eigenvalue weighted by molar-refractivity contribution is 7.15. The second-order valence-electron chi connectivity index (χ2n) is 2.30. The first-order valence-electron chi connectivity index (χ1n) is 3.45. The van der Waals surface area contributed by atoms with E-state index in [-0.39, 0.29) is 0 Å². The van der Waals surface area contributed by atoms with E-state index >= 15 is 0 Å². The number of nitrogens with zero attached hydrogens (tertiary/aromatic N) is 1. The molecule has 0 atom stereocenters. The molecule has 1 aromatic heterocycles. The number of aromatic nitrogens is 1. The summed E-state index contributed by atoms with van der Waals surface area (Å²) in [5.74, 6) is 0. The van der Waals surface area contributed by atoms with E-state index in [4.69, 9.17) is 5.73 Å². The van der Waals surface area contributed by atoms with E-state index in [1.165, 1.54) is 10.6 Å². The van der Waals surface area contributed by atoms with Gasteiger partial charge in [-0.15, -0.1) is 11.3 Å². The van der Waals surface area contributed by atoms with Gasteiger partial charge in [-0.25, -0.2) is 4.98 Å². The maximum Gasteiger partial charge on any atom is 0.180 e. The van der Waals surface area contributed by atoms with Gasteiger partial charge in [0.2, 0.25) is 0 Å². The molecule has 0 bridgehead atoms. The van der Waals surface area contributed by atoms with Gasteiger partial charge in [0.1, 0.15) is 0 Å². The average molecular weight is 156 g/mol. The quantitative estimate of drug-likeness (QED) is 0.711. The van der Waals surface area contributed by atoms with Crippen molar-refractivity contribution in [2.24, 2.45) is 0 Å². The van der Waals surface area contributed by atoms with Crippen LogP contribution in [0.2, 0.25) is 0 Å². The lowest BCUT2D eigenvalue weighted by atomic mass is 10.2. The summed E-state index contributed by atoms with van der Waals surface area (Å²) < 4.78 is 0. The molecule has 0 saturated heterocycles. The average Bonchev–Trinajstić information content (AvgIpc) is 2.13. The molecule has 0 aliphatic heterocycles. The van der Waals surface area contributed by atoms with E-state index in [2.05, 4.69) is 18.8 Å². The minimum absolute atomic E-state index is 0.695. The minimum Gasteiger partial charge on any atom is -0.375 e. The molecule has 0 spiro atoms. The minimum atomic E-state index is 0.695. The zero-order valence-electron chi connectivity index (χ0n) is 6.35. The van der Waals surface area contributed by atoms with Crippen molar-refractivity contribution >= 4 is 16.5 Å². The molecule has 0 amide bonds. The van der Waals surface area contributed by atoms with Gasteiger partial charge in [0, 0.05) is 4.88 Å². The van der Waals surface area contributed by atoms with Gasteiger partial charge in [0.15, 0.2) is 5.13 Å². The van der Waals surface area contributed by atoms with Crippen LogP contribution in [0.5, 0.6) is 0 Å². The fourth-order valence-corrected chi connectivity index (χ4v) is 1.65. The number of hydrogen-bond donors (Lipinski definition) is 1. The topological polar surface area (TPSA) is 38.9 Å². The Morgan fingerprint density at radius 3 is 2.70 bits per heavy atom. The molecule has 1 aromatic rings. The highest BCUT2D eigenvalue weighted by Crippen LogP contribution is 2.19. The summed E-state index contributed by atoms with van der Waals surface area (Å²) in [4.78, 5) is 5.46. The number of aryl methyl sites for hydroxylation is 2. The van der Waals surface area contributed by atoms with E-state index in [1.54, 1.807) is 11.3 Å². The fraction of sp³-hybridized carbons (Fsp3) is 0.571. The largest absolute Gasteiger partial charge is 0.375 e. The standard InChI is InChI=1S/C7H12N2S/c1-3-4-6-5(2)10-7(8)9-6/h3-4H2,1-2H3,(H2,8,9). The molecule has 1 heterocycles. The Labute approximate surface area is 65.1 Å². The number of rotatable bonds is 2. The van der Waals surface area contributed by atoms with E-state index < -0.39 is 0 Å². The fourth-order valence-electron chi connectivity index (χ4n) is 0.919. The molecule has 2 nitrogen and oxygen atoms in total. The van der Waals surface area contributed by atoms with Gasteiger partial charge in [-0.1, -0.05) is 13.3 Å². The van der Waals surface area contributed by atoms with Crippen LogP contribution in [0.3, 0.4) is 0 Å². The molecule has 0 saturated carbocycles. The summed E-state index contributed by atoms with van der Waals surface area (Å²) in [7, 11) is 0. The summed E-state index contributed by atoms with van der Waals surface area (Å²) in [6, 6.07) is 0. The van der Waals surface area contributed by atoms with Crippen molar-refractivity contribution in [1.82, 2.24) is 4.98 Å². The van der Waals surface area contributed by atoms with Gasteiger partial charge >= 0.3 is 0 Å². The number of anilines is 1. The van der Waals surface area contributed by atoms with Crippen LogP contribution < -0.4 is 5.73 Å². The molecule has 0 aliphatic rings. The van der Waals surface area contributed by atoms with E-state index in [9.17, 15) is 0 Å². The summed E-state index contributed by atoms with van der Waals surface area (Å²) in [6.45, 7) is 4.22. The highest BCUT2D eigenvalue weighted by Gasteiger charge is 2.02. The number of nitrogens with two attached hydrogens (primary N) is 1. The van der Waals surface area contributed by atoms with Crippen molar-refractivity contribution in [3.63, 3.8) is 0 Å². The van der Waals surface area contributed by atoms with Gasteiger partial charge in [-0.05, 0) is 13.3 Å². The van der Waals surface area contributed by atoms with Crippen LogP contribution in [0.15, 0.2) is 0 Å². The van der Waals surface area contributed by atoms with Crippen LogP contribution in [-0.4, -0.2) is 4.98 Å². The predicted octanol–water partition coefficient (Wildman–Crippen LogP) is 1.99. The Morgan fingerprint density at radius 2 is 2.30 bits per heavy atom. The van der Waals surface area contributed by atoms with E-state index in [1.807, 2.05) is 0 Å². The number of nitrogen functional groups attached to an aromatic ring is 1. The third kappa shape index (κ3) is 1.48. The van der Waals surface area contributed by atoms with Crippen LogP contribution >= 0.6 is 11.3 Å². The molecule has 0 radical (unpaired) electrons. The van der Waals surface area contributed by atoms with Crippen LogP contribution in [0.25, 0.3) is 0 Å². The molecule has 10 heavy (non-hydrogen) atoms. The molecule has 0 aromatic carbocycles. The normalized spacial score (nSPS) is 10.2. The van der Waals surface area contributed by atoms with E-state index in [0.29, 0.717) is 5.13 Å². The Kier molecular flexibility index (Phi) is 2.27. The lowest BCUT2D eigenvalue weighted by Crippen LogP contribution is -1.87. The maximum atomic E-state index is 5.52. The van der Waals surface area contributed by atoms with Crippen LogP contribution in [-0.2, 0) is 6.42 Å². The third-order valence-electron chi connectivity index (χ3n) is 1.40. The summed E-state index contributed by atoms with van der Waals surface area (Å²) in [5, 5.41) is 0.695. The Bertz CT molecular complexity index is 217. The van der Waals surface area contributed by atoms with Gasteiger partial charge in [0.05, 0.1) is 5.69 Å². The summed E-state index contributed by atoms with van der Waals surface area (Å²) >= 11 is 1.58. The van der Waals surface area contributed by atoms with Crippen LogP contribution in [0, 0.1) is 6.92 Å². The smallest absolute Gasteiger partial charge is 0.180 e. The van der Waals surface area contributed by atoms with Crippen LogP contribution in [0.1, 0.15) is 23.9 Å². The predicted molar refractivity (Wildman–Crippen MR) is 45.3 cm³/mol. The summed E-state index contributed by atoms with van der Waals surface area (Å²) in [6.07, 6.45) is 2.20. The molecule has 0 fully saturated rings. The third-order valence-corrected chi connectivity index (χ3v) is 2.24. The van der Waals surface area contributed by atoms with Crippen LogP contribution in [0.4, 0.5) is 5.13 Å². The Balaban J connectivity index is 2.81. The molecule has 3 heteroatoms. The Hall–Kier alpha value is -0.570. The van der Waals surface area contributed by atoms with Crippen molar-refractivity contribution < 1.29 is 0 Å². The molecule has 0 unspecified atom stereocenters. The number of thiazole rings is 1. The second-order valence-corrected chi connectivity index (χ2v) is 3.54. The van der Waals surface area contributed by atoms with Gasteiger partial charge < -0.3 is 5.73 Å². The van der Waals surface area contributed by atoms with Crippen molar-refractivity contribution in [3.05, 3.63) is 10.6 Å². The molecule has 56 valence electrons. The van der Waals surface area contributed by atoms with Gasteiger partial charge in [-0.3, -0.25) is 0 Å². The van der Waals surface area contributed by atoms with Crippen molar-refractivity contribution in [2.75, 3.05) is 5.73 Å². The maximum absolute atomic E-state index is 5.52. The first kappa shape index (κ1) is 7.54. The van der Waals surface area contributed by atoms with Crippen molar-refractivity contribution in [1.29, 1.82) is 0 Å². The van der Waals surface area contributed by atoms with Crippen molar-refractivity contribution in [2.45, 2.75) is 26.7 Å². The first-order valence-corrected chi connectivity index (χ1v) is 4.27. The highest BCUT2D eigenvalue weighted by atomic mass is 32.1. The first-order chi connectivity index (χ1) is 4.74. The lowest BCUT2D eigenvalue weighted by Gasteiger charge is -1.90. The summed E-state index contributed by atoms with van der Waals surface area (Å²) in [5.41, 5.74) is 6.69. The SMILES string of the molecule is CCCc1nc(N)sc1C. The second kappa shape index (κ2) is 3.01. The zero-order chi connectivity index (χ0) is 7.56. The monoisotopic (exact) mass is 156 g/mol. The van der Waals surface area contributed by atoms with Gasteiger partial charge in [0.25, 0.3) is 0 Å². The zero-order valence-corrected chi connectivity index (χ0v) is 7.16. The van der Waals surface area contributed by atoms with Crippen molar-refractivity contribution in [3.8, 4) is 0 Å². The lowest BCUT2D eigenvalue weighted by molar-refractivity contribution is 0.886. The molecule has 0 aliphatic carbocycles. The molecular weight excluding hydrogens is 144 g/mol. The molecule has 1 rings (SSSR count).